The van der Waals surface area contributed by atoms with Gasteiger partial charge >= 0.3 is 21.7 Å². The second-order valence-electron chi connectivity index (χ2n) is 3.45. The summed E-state index contributed by atoms with van der Waals surface area (Å²) < 4.78 is 0. The SMILES string of the molecule is CC(C)(C)C1=[C-]CC=C1.[Cl-].[Cl-].[Ti+3]. The molecular formula is C9H13Cl2Ti. The summed E-state index contributed by atoms with van der Waals surface area (Å²) in [4.78, 5) is 0. The first-order valence-corrected chi connectivity index (χ1v) is 3.38. The minimum atomic E-state index is 0. The van der Waals surface area contributed by atoms with Gasteiger partial charge in [-0.15, -0.1) is 6.42 Å². The average Bonchev–Trinajstić information content (AvgIpc) is 2.08. The fourth-order valence-corrected chi connectivity index (χ4v) is 0.920. The number of allylic oxidation sites excluding steroid dienone is 4. The Morgan fingerprint density at radius 2 is 1.75 bits per heavy atom. The molecule has 12 heavy (non-hydrogen) atoms. The summed E-state index contributed by atoms with van der Waals surface area (Å²) in [6.45, 7) is 6.64. The minimum Gasteiger partial charge on any atom is -1.00 e. The van der Waals surface area contributed by atoms with E-state index in [1.807, 2.05) is 0 Å². The topological polar surface area (TPSA) is 0 Å². The molecule has 0 aromatic rings. The Labute approximate surface area is 103 Å². The number of hydrogen-bond donors (Lipinski definition) is 0. The van der Waals surface area contributed by atoms with E-state index in [4.69, 9.17) is 0 Å². The summed E-state index contributed by atoms with van der Waals surface area (Å²) in [6.07, 6.45) is 8.63. The molecule has 1 aliphatic rings. The molecule has 0 saturated carbocycles. The van der Waals surface area contributed by atoms with Crippen LogP contribution in [0.3, 0.4) is 0 Å². The van der Waals surface area contributed by atoms with Crippen molar-refractivity contribution >= 4 is 0 Å². The molecule has 0 fully saturated rings. The van der Waals surface area contributed by atoms with Crippen LogP contribution in [-0.2, 0) is 21.7 Å². The van der Waals surface area contributed by atoms with E-state index in [9.17, 15) is 0 Å². The van der Waals surface area contributed by atoms with Crippen LogP contribution in [0.5, 0.6) is 0 Å². The molecule has 0 amide bonds. The van der Waals surface area contributed by atoms with E-state index in [2.05, 4.69) is 39.0 Å². The van der Waals surface area contributed by atoms with E-state index in [1.54, 1.807) is 0 Å². The van der Waals surface area contributed by atoms with Crippen LogP contribution in [0, 0.1) is 11.5 Å². The molecule has 0 aromatic heterocycles. The van der Waals surface area contributed by atoms with E-state index in [-0.39, 0.29) is 46.5 Å². The van der Waals surface area contributed by atoms with E-state index >= 15 is 0 Å². The molecule has 1 radical (unpaired) electrons. The van der Waals surface area contributed by atoms with E-state index in [0.29, 0.717) is 5.41 Å². The molecule has 0 unspecified atom stereocenters. The standard InChI is InChI=1S/C9H13.2ClH.Ti/c1-9(2,3)8-6-4-5-7-8;;;/h4,6H,5H2,1-3H3;2*1H;/q-1;;;+3/p-2. The molecule has 0 spiro atoms. The summed E-state index contributed by atoms with van der Waals surface area (Å²) in [5.41, 5.74) is 1.65. The zero-order valence-electron chi connectivity index (χ0n) is 7.62. The Hall–Kier alpha value is 0.774. The first-order chi connectivity index (χ1) is 4.11. The molecule has 1 rings (SSSR count). The summed E-state index contributed by atoms with van der Waals surface area (Å²) in [5.74, 6) is 0. The molecule has 1 aliphatic carbocycles. The zero-order chi connectivity index (χ0) is 6.91. The van der Waals surface area contributed by atoms with Crippen LogP contribution in [0.4, 0.5) is 0 Å². The number of hydrogen-bond acceptors (Lipinski definition) is 0. The first kappa shape index (κ1) is 18.5. The zero-order valence-corrected chi connectivity index (χ0v) is 10.7. The fraction of sp³-hybridized carbons (Fsp3) is 0.556. The van der Waals surface area contributed by atoms with E-state index in [0.717, 1.165) is 6.42 Å². The van der Waals surface area contributed by atoms with Gasteiger partial charge in [0.2, 0.25) is 0 Å². The monoisotopic (exact) mass is 239 g/mol. The van der Waals surface area contributed by atoms with Gasteiger partial charge in [0.1, 0.15) is 0 Å². The van der Waals surface area contributed by atoms with Gasteiger partial charge < -0.3 is 24.8 Å². The van der Waals surface area contributed by atoms with Gasteiger partial charge in [0.05, 0.1) is 0 Å². The average molecular weight is 240 g/mol. The van der Waals surface area contributed by atoms with Crippen LogP contribution in [0.2, 0.25) is 0 Å². The van der Waals surface area contributed by atoms with Gasteiger partial charge in [0.25, 0.3) is 0 Å². The normalized spacial score (nSPS) is 13.8. The third-order valence-electron chi connectivity index (χ3n) is 1.50. The summed E-state index contributed by atoms with van der Waals surface area (Å²) in [6, 6.07) is 0. The van der Waals surface area contributed by atoms with E-state index < -0.39 is 0 Å². The van der Waals surface area contributed by atoms with Gasteiger partial charge in [-0.05, 0) is 5.41 Å². The Morgan fingerprint density at radius 1 is 1.25 bits per heavy atom. The molecular weight excluding hydrogens is 227 g/mol. The van der Waals surface area contributed by atoms with Crippen molar-refractivity contribution in [3.05, 3.63) is 23.8 Å². The predicted octanol–water partition coefficient (Wildman–Crippen LogP) is -3.27. The molecule has 0 aromatic carbocycles. The van der Waals surface area contributed by atoms with Crippen molar-refractivity contribution in [2.45, 2.75) is 27.2 Å². The molecule has 0 nitrogen and oxygen atoms in total. The Balaban J connectivity index is -0.000000270. The van der Waals surface area contributed by atoms with Crippen LogP contribution in [0.1, 0.15) is 27.2 Å². The van der Waals surface area contributed by atoms with Crippen LogP contribution >= 0.6 is 0 Å². The predicted molar refractivity (Wildman–Crippen MR) is 40.0 cm³/mol. The molecule has 0 N–H and O–H groups in total. The second kappa shape index (κ2) is 7.20. The molecule has 0 atom stereocenters. The minimum absolute atomic E-state index is 0. The van der Waals surface area contributed by atoms with Crippen LogP contribution in [0.15, 0.2) is 17.7 Å². The molecule has 67 valence electrons. The van der Waals surface area contributed by atoms with Gasteiger partial charge in [-0.3, -0.25) is 6.08 Å². The molecule has 0 saturated heterocycles. The second-order valence-corrected chi connectivity index (χ2v) is 3.45. The van der Waals surface area contributed by atoms with Crippen molar-refractivity contribution in [3.63, 3.8) is 0 Å². The Morgan fingerprint density at radius 3 is 1.92 bits per heavy atom. The van der Waals surface area contributed by atoms with Crippen molar-refractivity contribution < 1.29 is 46.5 Å². The number of rotatable bonds is 0. The largest absolute Gasteiger partial charge is 3.00 e. The maximum atomic E-state index is 3.30. The third kappa shape index (κ3) is 5.43. The quantitative estimate of drug-likeness (QED) is 0.308. The van der Waals surface area contributed by atoms with Crippen LogP contribution in [-0.4, -0.2) is 0 Å². The van der Waals surface area contributed by atoms with Gasteiger partial charge in [0, 0.05) is 0 Å². The molecule has 3 heteroatoms. The first-order valence-electron chi connectivity index (χ1n) is 3.38. The van der Waals surface area contributed by atoms with Gasteiger partial charge in [-0.1, -0.05) is 20.8 Å². The van der Waals surface area contributed by atoms with Gasteiger partial charge in [-0.2, -0.15) is 6.08 Å². The van der Waals surface area contributed by atoms with Gasteiger partial charge in [-0.25, -0.2) is 11.6 Å². The maximum absolute atomic E-state index is 3.30. The number of halogens is 2. The summed E-state index contributed by atoms with van der Waals surface area (Å²) in [7, 11) is 0. The van der Waals surface area contributed by atoms with Crippen molar-refractivity contribution in [2.75, 3.05) is 0 Å². The van der Waals surface area contributed by atoms with Crippen molar-refractivity contribution in [3.8, 4) is 0 Å². The van der Waals surface area contributed by atoms with Crippen molar-refractivity contribution in [2.24, 2.45) is 5.41 Å². The van der Waals surface area contributed by atoms with Crippen molar-refractivity contribution in [1.29, 1.82) is 0 Å². The maximum Gasteiger partial charge on any atom is 3.00 e. The summed E-state index contributed by atoms with van der Waals surface area (Å²) >= 11 is 0. The Kier molecular flexibility index (Phi) is 11.1. The smallest absolute Gasteiger partial charge is 1.00 e. The molecule has 0 heterocycles. The van der Waals surface area contributed by atoms with E-state index in [1.165, 1.54) is 5.57 Å². The summed E-state index contributed by atoms with van der Waals surface area (Å²) in [5, 5.41) is 0. The van der Waals surface area contributed by atoms with Crippen molar-refractivity contribution in [1.82, 2.24) is 0 Å². The fourth-order valence-electron chi connectivity index (χ4n) is 0.920. The van der Waals surface area contributed by atoms with Crippen LogP contribution < -0.4 is 24.8 Å². The molecule has 0 bridgehead atoms. The third-order valence-corrected chi connectivity index (χ3v) is 1.50. The van der Waals surface area contributed by atoms with Gasteiger partial charge in [0.15, 0.2) is 0 Å². The molecule has 0 aliphatic heterocycles. The van der Waals surface area contributed by atoms with Crippen LogP contribution in [0.25, 0.3) is 0 Å². The Bertz CT molecular complexity index is 166.